The van der Waals surface area contributed by atoms with Gasteiger partial charge in [-0.25, -0.2) is 0 Å². The molecule has 0 radical (unpaired) electrons. The van der Waals surface area contributed by atoms with Crippen molar-refractivity contribution in [1.29, 1.82) is 0 Å². The summed E-state index contributed by atoms with van der Waals surface area (Å²) in [5.41, 5.74) is 7.27. The summed E-state index contributed by atoms with van der Waals surface area (Å²) >= 11 is 12.1. The fourth-order valence-corrected chi connectivity index (χ4v) is 1.79. The zero-order valence-corrected chi connectivity index (χ0v) is 10.7. The highest BCUT2D eigenvalue weighted by Gasteiger charge is 2.07. The lowest BCUT2D eigenvalue weighted by Gasteiger charge is -2.10. The van der Waals surface area contributed by atoms with Gasteiger partial charge < -0.3 is 10.5 Å². The Hall–Kier alpha value is -1.38. The topological polar surface area (TPSA) is 35.2 Å². The summed E-state index contributed by atoms with van der Waals surface area (Å²) in [4.78, 5) is 0. The minimum absolute atomic E-state index is 0.461. The van der Waals surface area contributed by atoms with Gasteiger partial charge in [-0.05, 0) is 42.8 Å². The van der Waals surface area contributed by atoms with E-state index in [9.17, 15) is 0 Å². The maximum atomic E-state index is 6.04. The van der Waals surface area contributed by atoms with Crippen molar-refractivity contribution in [1.82, 2.24) is 0 Å². The van der Waals surface area contributed by atoms with Crippen molar-refractivity contribution in [3.63, 3.8) is 0 Å². The molecule has 0 saturated heterocycles. The Balaban J connectivity index is 2.34. The van der Waals surface area contributed by atoms with Crippen LogP contribution < -0.4 is 10.5 Å². The fraction of sp³-hybridized carbons (Fsp3) is 0.0769. The molecular weight excluding hydrogens is 257 g/mol. The molecule has 2 aromatic carbocycles. The van der Waals surface area contributed by atoms with Crippen LogP contribution in [0.5, 0.6) is 11.5 Å². The molecule has 0 saturated carbocycles. The second-order valence-corrected chi connectivity index (χ2v) is 4.54. The normalized spacial score (nSPS) is 10.3. The highest BCUT2D eigenvalue weighted by Crippen LogP contribution is 2.34. The minimum atomic E-state index is 0.461. The van der Waals surface area contributed by atoms with Crippen molar-refractivity contribution in [2.75, 3.05) is 5.73 Å². The first-order valence-electron chi connectivity index (χ1n) is 5.05. The number of hydrogen-bond donors (Lipinski definition) is 1. The Morgan fingerprint density at radius 3 is 2.41 bits per heavy atom. The van der Waals surface area contributed by atoms with Crippen LogP contribution in [0.2, 0.25) is 10.0 Å². The number of aryl methyl sites for hydroxylation is 1. The van der Waals surface area contributed by atoms with Crippen molar-refractivity contribution in [3.05, 3.63) is 52.0 Å². The van der Waals surface area contributed by atoms with Crippen LogP contribution in [0, 0.1) is 6.92 Å². The highest BCUT2D eigenvalue weighted by molar-refractivity contribution is 6.33. The number of hydrogen-bond acceptors (Lipinski definition) is 2. The fourth-order valence-electron chi connectivity index (χ4n) is 1.41. The molecule has 0 atom stereocenters. The molecule has 88 valence electrons. The van der Waals surface area contributed by atoms with E-state index in [1.54, 1.807) is 24.3 Å². The Labute approximate surface area is 110 Å². The molecular formula is C13H11Cl2NO. The summed E-state index contributed by atoms with van der Waals surface area (Å²) < 4.78 is 5.66. The summed E-state index contributed by atoms with van der Waals surface area (Å²) in [6.45, 7) is 1.97. The van der Waals surface area contributed by atoms with Gasteiger partial charge in [-0.1, -0.05) is 29.3 Å². The van der Waals surface area contributed by atoms with Crippen molar-refractivity contribution in [2.24, 2.45) is 0 Å². The molecule has 0 aliphatic carbocycles. The van der Waals surface area contributed by atoms with E-state index < -0.39 is 0 Å². The number of nitrogen functional groups attached to an aromatic ring is 1. The molecule has 0 bridgehead atoms. The van der Waals surface area contributed by atoms with Crippen LogP contribution in [-0.4, -0.2) is 0 Å². The van der Waals surface area contributed by atoms with E-state index in [4.69, 9.17) is 33.7 Å². The summed E-state index contributed by atoms with van der Waals surface area (Å²) in [6.07, 6.45) is 0. The Kier molecular flexibility index (Phi) is 3.46. The van der Waals surface area contributed by atoms with Gasteiger partial charge in [0.15, 0.2) is 0 Å². The van der Waals surface area contributed by atoms with Gasteiger partial charge in [-0.3, -0.25) is 0 Å². The predicted molar refractivity (Wildman–Crippen MR) is 72.1 cm³/mol. The number of rotatable bonds is 2. The van der Waals surface area contributed by atoms with Gasteiger partial charge in [0.1, 0.15) is 11.5 Å². The van der Waals surface area contributed by atoms with Crippen LogP contribution in [0.15, 0.2) is 36.4 Å². The number of ether oxygens (including phenoxy) is 1. The summed E-state index contributed by atoms with van der Waals surface area (Å²) in [6, 6.07) is 10.6. The van der Waals surface area contributed by atoms with Crippen molar-refractivity contribution >= 4 is 28.9 Å². The van der Waals surface area contributed by atoms with E-state index in [1.165, 1.54) is 0 Å². The first kappa shape index (κ1) is 12.1. The highest BCUT2D eigenvalue weighted by atomic mass is 35.5. The third-order valence-electron chi connectivity index (χ3n) is 2.26. The first-order valence-corrected chi connectivity index (χ1v) is 5.81. The average molecular weight is 268 g/mol. The Bertz CT molecular complexity index is 555. The van der Waals surface area contributed by atoms with Crippen LogP contribution in [0.4, 0.5) is 5.69 Å². The summed E-state index contributed by atoms with van der Waals surface area (Å²) in [5, 5.41) is 1.01. The molecule has 2 rings (SSSR count). The van der Waals surface area contributed by atoms with Crippen LogP contribution in [0.3, 0.4) is 0 Å². The second-order valence-electron chi connectivity index (χ2n) is 3.73. The predicted octanol–water partition coefficient (Wildman–Crippen LogP) is 4.68. The number of anilines is 1. The van der Waals surface area contributed by atoms with E-state index in [0.29, 0.717) is 27.2 Å². The third-order valence-corrected chi connectivity index (χ3v) is 2.87. The van der Waals surface area contributed by atoms with E-state index in [1.807, 2.05) is 19.1 Å². The molecule has 0 amide bonds. The molecule has 0 aromatic heterocycles. The van der Waals surface area contributed by atoms with Gasteiger partial charge in [0, 0.05) is 5.69 Å². The quantitative estimate of drug-likeness (QED) is 0.803. The van der Waals surface area contributed by atoms with E-state index >= 15 is 0 Å². The number of nitrogens with two attached hydrogens (primary N) is 1. The largest absolute Gasteiger partial charge is 0.454 e. The van der Waals surface area contributed by atoms with Gasteiger partial charge in [0.05, 0.1) is 10.0 Å². The smallest absolute Gasteiger partial charge is 0.146 e. The van der Waals surface area contributed by atoms with Crippen LogP contribution in [-0.2, 0) is 0 Å². The van der Waals surface area contributed by atoms with Crippen LogP contribution in [0.25, 0.3) is 0 Å². The maximum Gasteiger partial charge on any atom is 0.146 e. The molecule has 0 spiro atoms. The van der Waals surface area contributed by atoms with Crippen molar-refractivity contribution < 1.29 is 4.74 Å². The number of halogens is 2. The van der Waals surface area contributed by atoms with Gasteiger partial charge in [0.25, 0.3) is 0 Å². The molecule has 17 heavy (non-hydrogen) atoms. The Morgan fingerprint density at radius 2 is 1.71 bits per heavy atom. The van der Waals surface area contributed by atoms with Crippen molar-refractivity contribution in [3.8, 4) is 11.5 Å². The average Bonchev–Trinajstić information content (AvgIpc) is 2.27. The molecule has 4 heteroatoms. The molecule has 2 nitrogen and oxygen atoms in total. The molecule has 0 unspecified atom stereocenters. The Morgan fingerprint density at radius 1 is 0.941 bits per heavy atom. The minimum Gasteiger partial charge on any atom is -0.454 e. The summed E-state index contributed by atoms with van der Waals surface area (Å²) in [7, 11) is 0. The molecule has 0 heterocycles. The lowest BCUT2D eigenvalue weighted by molar-refractivity contribution is 0.483. The third kappa shape index (κ3) is 2.84. The number of benzene rings is 2. The molecule has 0 fully saturated rings. The zero-order valence-electron chi connectivity index (χ0n) is 9.21. The molecule has 0 aliphatic heterocycles. The van der Waals surface area contributed by atoms with Crippen LogP contribution in [0.1, 0.15) is 5.56 Å². The molecule has 2 N–H and O–H groups in total. The van der Waals surface area contributed by atoms with E-state index in [-0.39, 0.29) is 0 Å². The lowest BCUT2D eigenvalue weighted by atomic mass is 10.2. The van der Waals surface area contributed by atoms with Gasteiger partial charge in [-0.2, -0.15) is 0 Å². The van der Waals surface area contributed by atoms with Gasteiger partial charge in [-0.15, -0.1) is 0 Å². The second kappa shape index (κ2) is 4.86. The van der Waals surface area contributed by atoms with Crippen molar-refractivity contribution in [2.45, 2.75) is 6.92 Å². The monoisotopic (exact) mass is 267 g/mol. The summed E-state index contributed by atoms with van der Waals surface area (Å²) in [5.74, 6) is 1.12. The van der Waals surface area contributed by atoms with E-state index in [0.717, 1.165) is 5.56 Å². The molecule has 2 aromatic rings. The zero-order chi connectivity index (χ0) is 12.4. The van der Waals surface area contributed by atoms with E-state index in [2.05, 4.69) is 0 Å². The SMILES string of the molecule is Cc1ccc(Cl)c(Oc2ccc(N)cc2Cl)c1. The molecule has 0 aliphatic rings. The van der Waals surface area contributed by atoms with Crippen LogP contribution >= 0.6 is 23.2 Å². The van der Waals surface area contributed by atoms with Gasteiger partial charge in [0.2, 0.25) is 0 Å². The first-order chi connectivity index (χ1) is 8.06. The lowest BCUT2D eigenvalue weighted by Crippen LogP contribution is -1.89. The van der Waals surface area contributed by atoms with Gasteiger partial charge >= 0.3 is 0 Å². The standard InChI is InChI=1S/C13H11Cl2NO/c1-8-2-4-10(14)13(6-8)17-12-5-3-9(16)7-11(12)15/h2-7H,16H2,1H3. The maximum absolute atomic E-state index is 6.04.